The van der Waals surface area contributed by atoms with E-state index in [2.05, 4.69) is 13.8 Å². The minimum atomic E-state index is -0.670. The molecule has 3 nitrogen and oxygen atoms in total. The Morgan fingerprint density at radius 2 is 0.595 bits per heavy atom. The number of hydrogen-bond donors (Lipinski definition) is 2. The fraction of sp³-hybridized carbons (Fsp3) is 0.971. The summed E-state index contributed by atoms with van der Waals surface area (Å²) in [5.41, 5.74) is 0. The average Bonchev–Trinajstić information content (AvgIpc) is 2.89. The average molecular weight is 527 g/mol. The number of carbonyl (C=O) groups is 1. The first-order valence-electron chi connectivity index (χ1n) is 17.0. The van der Waals surface area contributed by atoms with E-state index in [9.17, 15) is 4.79 Å². The van der Waals surface area contributed by atoms with Crippen molar-refractivity contribution >= 4 is 5.97 Å². The van der Waals surface area contributed by atoms with Crippen LogP contribution in [0.2, 0.25) is 0 Å². The maximum Gasteiger partial charge on any atom is 0.303 e. The lowest BCUT2D eigenvalue weighted by Crippen LogP contribution is -1.93. The first kappa shape index (κ1) is 38.6. The predicted octanol–water partition coefficient (Wildman–Crippen LogP) is 11.8. The van der Waals surface area contributed by atoms with E-state index in [1.165, 1.54) is 167 Å². The molecule has 224 valence electrons. The highest BCUT2D eigenvalue weighted by atomic mass is 16.4. The second-order valence-electron chi connectivity index (χ2n) is 11.4. The quantitative estimate of drug-likeness (QED) is 0.0915. The van der Waals surface area contributed by atoms with Gasteiger partial charge >= 0.3 is 5.97 Å². The van der Waals surface area contributed by atoms with Crippen molar-refractivity contribution in [3.05, 3.63) is 0 Å². The van der Waals surface area contributed by atoms with Crippen molar-refractivity contribution in [2.24, 2.45) is 0 Å². The van der Waals surface area contributed by atoms with Crippen molar-refractivity contribution in [3.8, 4) is 0 Å². The minimum absolute atomic E-state index is 0.337. The third-order valence-electron chi connectivity index (χ3n) is 7.51. The van der Waals surface area contributed by atoms with E-state index >= 15 is 0 Å². The highest BCUT2D eigenvalue weighted by molar-refractivity contribution is 5.66. The van der Waals surface area contributed by atoms with Gasteiger partial charge in [-0.05, 0) is 12.8 Å². The number of hydrogen-bond acceptors (Lipinski definition) is 2. The van der Waals surface area contributed by atoms with E-state index in [0.717, 1.165) is 19.3 Å². The summed E-state index contributed by atoms with van der Waals surface area (Å²) >= 11 is 0. The van der Waals surface area contributed by atoms with Crippen molar-refractivity contribution in [2.45, 2.75) is 206 Å². The number of unbranched alkanes of at least 4 members (excludes halogenated alkanes) is 27. The van der Waals surface area contributed by atoms with Gasteiger partial charge in [0.2, 0.25) is 0 Å². The van der Waals surface area contributed by atoms with Gasteiger partial charge in [0, 0.05) is 13.0 Å². The lowest BCUT2D eigenvalue weighted by atomic mass is 10.0. The Labute approximate surface area is 234 Å². The smallest absolute Gasteiger partial charge is 0.303 e. The van der Waals surface area contributed by atoms with Crippen LogP contribution in [0, 0.1) is 0 Å². The van der Waals surface area contributed by atoms with Crippen LogP contribution < -0.4 is 0 Å². The maximum atomic E-state index is 10.0. The summed E-state index contributed by atoms with van der Waals surface area (Å²) in [6.45, 7) is 4.82. The van der Waals surface area contributed by atoms with E-state index in [-0.39, 0.29) is 0 Å². The number of rotatable bonds is 30. The highest BCUT2D eigenvalue weighted by Gasteiger charge is 1.96. The molecule has 2 N–H and O–H groups in total. The van der Waals surface area contributed by atoms with Crippen molar-refractivity contribution in [3.63, 3.8) is 0 Å². The van der Waals surface area contributed by atoms with E-state index in [1.54, 1.807) is 0 Å². The summed E-state index contributed by atoms with van der Waals surface area (Å²) in [6.07, 6.45) is 40.0. The molecule has 0 aromatic carbocycles. The fourth-order valence-corrected chi connectivity index (χ4v) is 4.95. The van der Waals surface area contributed by atoms with Crippen LogP contribution in [0.25, 0.3) is 0 Å². The number of aliphatic carboxylic acids is 1. The van der Waals surface area contributed by atoms with Gasteiger partial charge in [0.25, 0.3) is 0 Å². The Kier molecular flexibility index (Phi) is 39.2. The molecule has 0 unspecified atom stereocenters. The molecular formula is C34H70O3. The number of aliphatic hydroxyl groups excluding tert-OH is 1. The first-order valence-corrected chi connectivity index (χ1v) is 17.0. The van der Waals surface area contributed by atoms with Crippen molar-refractivity contribution in [1.29, 1.82) is 0 Å². The zero-order valence-corrected chi connectivity index (χ0v) is 25.7. The molecule has 0 atom stereocenters. The van der Waals surface area contributed by atoms with E-state index < -0.39 is 5.97 Å². The van der Waals surface area contributed by atoms with Gasteiger partial charge in [-0.2, -0.15) is 0 Å². The van der Waals surface area contributed by atoms with Crippen molar-refractivity contribution < 1.29 is 15.0 Å². The van der Waals surface area contributed by atoms with Gasteiger partial charge < -0.3 is 10.2 Å². The second kappa shape index (κ2) is 37.6. The van der Waals surface area contributed by atoms with E-state index in [4.69, 9.17) is 10.2 Å². The number of carboxylic acid groups (broad SMARTS) is 1. The summed E-state index contributed by atoms with van der Waals surface area (Å²) in [5, 5.41) is 17.0. The van der Waals surface area contributed by atoms with Crippen LogP contribution in [0.15, 0.2) is 0 Å². The Balaban J connectivity index is 0. The number of aliphatic hydroxyl groups is 1. The molecule has 0 fully saturated rings. The minimum Gasteiger partial charge on any atom is -0.481 e. The molecule has 0 aliphatic rings. The van der Waals surface area contributed by atoms with Crippen LogP contribution in [-0.2, 0) is 4.79 Å². The zero-order valence-electron chi connectivity index (χ0n) is 25.7. The third kappa shape index (κ3) is 42.8. The standard InChI is InChI=1S/C26H54O.C8H16O2/c1-2-3-4-5-6-7-8-9-10-11-12-13-14-15-16-17-18-19-20-21-22-23-24-25-26-27;1-2-3-4-5-6-7-8(9)10/h27H,2-26H2,1H3;2-7H2,1H3,(H,9,10). The summed E-state index contributed by atoms with van der Waals surface area (Å²) in [6, 6.07) is 0. The molecule has 0 aliphatic carbocycles. The molecule has 3 heteroatoms. The van der Waals surface area contributed by atoms with Gasteiger partial charge in [0.15, 0.2) is 0 Å². The predicted molar refractivity (Wildman–Crippen MR) is 165 cm³/mol. The molecule has 0 saturated heterocycles. The Morgan fingerprint density at radius 3 is 0.811 bits per heavy atom. The van der Waals surface area contributed by atoms with Gasteiger partial charge in [-0.15, -0.1) is 0 Å². The lowest BCUT2D eigenvalue weighted by molar-refractivity contribution is -0.137. The van der Waals surface area contributed by atoms with Crippen LogP contribution >= 0.6 is 0 Å². The summed E-state index contributed by atoms with van der Waals surface area (Å²) in [4.78, 5) is 10.0. The molecule has 37 heavy (non-hydrogen) atoms. The van der Waals surface area contributed by atoms with Crippen LogP contribution in [0.1, 0.15) is 206 Å². The molecule has 0 spiro atoms. The van der Waals surface area contributed by atoms with Gasteiger partial charge in [-0.1, -0.05) is 187 Å². The maximum absolute atomic E-state index is 10.0. The normalized spacial score (nSPS) is 10.9. The van der Waals surface area contributed by atoms with Gasteiger partial charge in [-0.3, -0.25) is 4.79 Å². The molecule has 0 rings (SSSR count). The van der Waals surface area contributed by atoms with Gasteiger partial charge in [-0.25, -0.2) is 0 Å². The summed E-state index contributed by atoms with van der Waals surface area (Å²) in [7, 11) is 0. The largest absolute Gasteiger partial charge is 0.481 e. The second-order valence-corrected chi connectivity index (χ2v) is 11.4. The van der Waals surface area contributed by atoms with Crippen LogP contribution in [0.3, 0.4) is 0 Å². The molecule has 0 radical (unpaired) electrons. The lowest BCUT2D eigenvalue weighted by Gasteiger charge is -2.04. The molecule has 0 heterocycles. The van der Waals surface area contributed by atoms with Crippen LogP contribution in [0.5, 0.6) is 0 Å². The molecule has 0 saturated carbocycles. The first-order chi connectivity index (χ1) is 18.2. The summed E-state index contributed by atoms with van der Waals surface area (Å²) < 4.78 is 0. The van der Waals surface area contributed by atoms with Crippen LogP contribution in [0.4, 0.5) is 0 Å². The molecule has 0 bridgehead atoms. The molecule has 0 aromatic rings. The third-order valence-corrected chi connectivity index (χ3v) is 7.51. The molecule has 0 aromatic heterocycles. The molecular weight excluding hydrogens is 456 g/mol. The van der Waals surface area contributed by atoms with Gasteiger partial charge in [0.05, 0.1) is 0 Å². The van der Waals surface area contributed by atoms with Crippen molar-refractivity contribution in [2.75, 3.05) is 6.61 Å². The van der Waals surface area contributed by atoms with E-state index in [0.29, 0.717) is 13.0 Å². The SMILES string of the molecule is CCCCCCCC(=O)O.CCCCCCCCCCCCCCCCCCCCCCCCCCO. The zero-order chi connectivity index (χ0) is 27.5. The number of carboxylic acids is 1. The molecule has 0 amide bonds. The van der Waals surface area contributed by atoms with Gasteiger partial charge in [0.1, 0.15) is 0 Å². The molecule has 0 aliphatic heterocycles. The Bertz CT molecular complexity index is 373. The van der Waals surface area contributed by atoms with Crippen LogP contribution in [-0.4, -0.2) is 22.8 Å². The fourth-order valence-electron chi connectivity index (χ4n) is 4.95. The summed E-state index contributed by atoms with van der Waals surface area (Å²) in [5.74, 6) is -0.670. The Morgan fingerprint density at radius 1 is 0.378 bits per heavy atom. The topological polar surface area (TPSA) is 57.5 Å². The van der Waals surface area contributed by atoms with Crippen molar-refractivity contribution in [1.82, 2.24) is 0 Å². The Hall–Kier alpha value is -0.570. The van der Waals surface area contributed by atoms with E-state index in [1.807, 2.05) is 0 Å². The monoisotopic (exact) mass is 527 g/mol. The highest BCUT2D eigenvalue weighted by Crippen LogP contribution is 2.15.